The average Bonchev–Trinajstić information content (AvgIpc) is 1.59. The van der Waals surface area contributed by atoms with Gasteiger partial charge in [0.1, 0.15) is 0 Å². The summed E-state index contributed by atoms with van der Waals surface area (Å²) in [7, 11) is 0. The van der Waals surface area contributed by atoms with Crippen LogP contribution in [0.5, 0.6) is 0 Å². The minimum Gasteiger partial charge on any atom is -0.309 e. The van der Waals surface area contributed by atoms with E-state index in [-0.39, 0.29) is 0 Å². The molecule has 0 amide bonds. The maximum Gasteiger partial charge on any atom is 0.164 e. The number of aromatic nitrogens is 10. The van der Waals surface area contributed by atoms with E-state index in [1.807, 2.05) is 144 Å². The molecule has 0 atom stereocenters. The number of fused-ring (bicyclic) bond motifs is 18. The highest BCUT2D eigenvalue weighted by Gasteiger charge is 2.24. The first-order valence-electron chi connectivity index (χ1n) is 48.6. The van der Waals surface area contributed by atoms with Crippen LogP contribution in [-0.4, -0.2) is 48.2 Å². The van der Waals surface area contributed by atoms with E-state index in [2.05, 4.69) is 394 Å². The maximum atomic E-state index is 5.05. The van der Waals surface area contributed by atoms with Crippen molar-refractivity contribution in [1.82, 2.24) is 48.2 Å². The molecular formula is C132H82N10S2. The minimum absolute atomic E-state index is 0.629. The van der Waals surface area contributed by atoms with Crippen molar-refractivity contribution in [2.24, 2.45) is 0 Å². The second-order valence-electron chi connectivity index (χ2n) is 36.8. The molecule has 29 aromatic rings. The molecule has 144 heavy (non-hydrogen) atoms. The van der Waals surface area contributed by atoms with E-state index in [4.69, 9.17) is 29.9 Å². The zero-order chi connectivity index (χ0) is 94.8. The van der Waals surface area contributed by atoms with Gasteiger partial charge in [0.15, 0.2) is 34.9 Å². The summed E-state index contributed by atoms with van der Waals surface area (Å²) in [5.74, 6) is 3.84. The number of benzene rings is 21. The molecule has 0 fully saturated rings. The summed E-state index contributed by atoms with van der Waals surface area (Å²) in [6.45, 7) is 0. The molecular weight excluding hydrogens is 1790 g/mol. The van der Waals surface area contributed by atoms with Gasteiger partial charge >= 0.3 is 0 Å². The fraction of sp³-hybridized carbons (Fsp3) is 0. The van der Waals surface area contributed by atoms with Gasteiger partial charge in [-0.2, -0.15) is 0 Å². The Labute approximate surface area is 836 Å². The van der Waals surface area contributed by atoms with Crippen LogP contribution < -0.4 is 0 Å². The number of rotatable bonds is 15. The molecule has 0 spiro atoms. The van der Waals surface area contributed by atoms with E-state index >= 15 is 0 Å². The third kappa shape index (κ3) is 14.6. The highest BCUT2D eigenvalue weighted by Crippen LogP contribution is 2.47. The lowest BCUT2D eigenvalue weighted by molar-refractivity contribution is 1.07. The predicted molar refractivity (Wildman–Crippen MR) is 603 cm³/mol. The predicted octanol–water partition coefficient (Wildman–Crippen LogP) is 35.2. The summed E-state index contributed by atoms with van der Waals surface area (Å²) in [5.41, 5.74) is 31.4. The van der Waals surface area contributed by atoms with E-state index < -0.39 is 0 Å². The molecule has 10 nitrogen and oxygen atoms in total. The quantitative estimate of drug-likeness (QED) is 0.101. The molecule has 672 valence electrons. The molecule has 8 heterocycles. The SMILES string of the molecule is c1ccc(-c2nc(-c3ccccc3)nc(-c3cccc(-c4cccc(-n5c6ccccc6c6cc(-c7ccc8sc9ccc(-c%10ccc%11c(c%10)c%10ccccc%10n%11-c%10ccccc%10)cc9c8c7)ccc65)c4)c3)n2)cc1.c1ccc(-c2nc(-c3ccccc3)nc(-c3cccc(-n4c5ccccc5c5cc(-c6ccc7sc8ccc(-c9ccc%10c(c9)c9ccccc9n%10-c9ccccc9)cc8c7c6)ccc54)c3)n2)cc1. The molecule has 0 aliphatic rings. The van der Waals surface area contributed by atoms with Crippen molar-refractivity contribution in [1.29, 1.82) is 0 Å². The largest absolute Gasteiger partial charge is 0.309 e. The van der Waals surface area contributed by atoms with E-state index in [0.29, 0.717) is 34.9 Å². The monoisotopic (exact) mass is 1870 g/mol. The fourth-order valence-electron chi connectivity index (χ4n) is 21.5. The summed E-state index contributed by atoms with van der Waals surface area (Å²) < 4.78 is 14.7. The van der Waals surface area contributed by atoms with Crippen LogP contribution in [-0.2, 0) is 0 Å². The number of hydrogen-bond donors (Lipinski definition) is 0. The normalized spacial score (nSPS) is 11.8. The standard InChI is InChI=1S/C69H43N5S.C63H39N5S/c1-4-16-44(17-5-1)67-70-68(45-18-6-2-7-19-45)72-69(71-67)52-22-14-20-46(38-52)47-21-15-25-54(39-47)74-62-29-13-11-27-56(62)58-41-49(31-35-64(58)74)51-33-37-66-60(43-51)59-42-50(32-36-65(59)75-66)48-30-34-63-57(40-48)55-26-10-12-28-61(55)73(63)53-23-8-3-9-24-53;1-4-15-40(16-5-1)61-64-62(41-17-6-2-7-18-41)66-63(65-61)46-19-14-22-48(35-46)68-56-26-13-11-24-50(56)52-37-43(28-32-58(52)68)45-30-34-60-54(39-45)53-38-44(29-33-59(53)69-60)42-27-31-57-51(36-42)49-23-10-12-25-55(49)67(57)47-20-8-3-9-21-47/h1-43H;1-39H. The Balaban J connectivity index is 0.000000141. The Bertz CT molecular complexity index is 10100. The van der Waals surface area contributed by atoms with Crippen molar-refractivity contribution in [3.8, 4) is 147 Å². The highest BCUT2D eigenvalue weighted by atomic mass is 32.1. The maximum absolute atomic E-state index is 5.05. The van der Waals surface area contributed by atoms with Crippen LogP contribution in [0.25, 0.3) is 274 Å². The van der Waals surface area contributed by atoms with Crippen LogP contribution in [0.3, 0.4) is 0 Å². The fourth-order valence-corrected chi connectivity index (χ4v) is 23.6. The zero-order valence-electron chi connectivity index (χ0n) is 77.6. The van der Waals surface area contributed by atoms with Crippen LogP contribution in [0, 0.1) is 0 Å². The van der Waals surface area contributed by atoms with Gasteiger partial charge in [0.25, 0.3) is 0 Å². The van der Waals surface area contributed by atoms with Gasteiger partial charge in [-0.05, 0) is 232 Å². The summed E-state index contributed by atoms with van der Waals surface area (Å²) in [6, 6.07) is 178. The van der Waals surface area contributed by atoms with Gasteiger partial charge < -0.3 is 18.3 Å². The minimum atomic E-state index is 0.629. The first-order valence-corrected chi connectivity index (χ1v) is 50.2. The molecule has 0 radical (unpaired) electrons. The van der Waals surface area contributed by atoms with Crippen LogP contribution in [0.1, 0.15) is 0 Å². The van der Waals surface area contributed by atoms with Crippen LogP contribution in [0.4, 0.5) is 0 Å². The summed E-state index contributed by atoms with van der Waals surface area (Å²) in [6.07, 6.45) is 0. The van der Waals surface area contributed by atoms with Crippen molar-refractivity contribution in [3.63, 3.8) is 0 Å². The number of thiophene rings is 2. The average molecular weight is 1870 g/mol. The molecule has 8 aromatic heterocycles. The zero-order valence-corrected chi connectivity index (χ0v) is 79.3. The van der Waals surface area contributed by atoms with Crippen molar-refractivity contribution in [2.45, 2.75) is 0 Å². The molecule has 21 aromatic carbocycles. The molecule has 29 rings (SSSR count). The Morgan fingerprint density at radius 1 is 0.118 bits per heavy atom. The van der Waals surface area contributed by atoms with Crippen LogP contribution in [0.2, 0.25) is 0 Å². The van der Waals surface area contributed by atoms with Crippen LogP contribution >= 0.6 is 22.7 Å². The van der Waals surface area contributed by atoms with E-state index in [1.165, 1.54) is 161 Å². The number of para-hydroxylation sites is 6. The second kappa shape index (κ2) is 34.7. The summed E-state index contributed by atoms with van der Waals surface area (Å²) in [5, 5.41) is 15.0. The highest BCUT2D eigenvalue weighted by molar-refractivity contribution is 7.26. The van der Waals surface area contributed by atoms with E-state index in [0.717, 1.165) is 77.9 Å². The lowest BCUT2D eigenvalue weighted by atomic mass is 9.98. The van der Waals surface area contributed by atoms with Gasteiger partial charge in [-0.3, -0.25) is 0 Å². The smallest absolute Gasteiger partial charge is 0.164 e. The van der Waals surface area contributed by atoms with Crippen LogP contribution in [0.15, 0.2) is 497 Å². The summed E-state index contributed by atoms with van der Waals surface area (Å²) in [4.78, 5) is 30.0. The molecule has 0 N–H and O–H groups in total. The number of hydrogen-bond acceptors (Lipinski definition) is 8. The van der Waals surface area contributed by atoms with Gasteiger partial charge in [0.2, 0.25) is 0 Å². The van der Waals surface area contributed by atoms with Crippen molar-refractivity contribution >= 4 is 150 Å². The first-order chi connectivity index (χ1) is 71.3. The van der Waals surface area contributed by atoms with Crippen molar-refractivity contribution in [2.75, 3.05) is 0 Å². The molecule has 0 aliphatic carbocycles. The first kappa shape index (κ1) is 83.4. The Morgan fingerprint density at radius 2 is 0.306 bits per heavy atom. The molecule has 0 unspecified atom stereocenters. The Kier molecular flexibility index (Phi) is 20.1. The van der Waals surface area contributed by atoms with E-state index in [9.17, 15) is 0 Å². The van der Waals surface area contributed by atoms with Crippen molar-refractivity contribution in [3.05, 3.63) is 497 Å². The van der Waals surface area contributed by atoms with Gasteiger partial charge in [0, 0.05) is 140 Å². The van der Waals surface area contributed by atoms with Gasteiger partial charge in [-0.25, -0.2) is 29.9 Å². The number of nitrogens with zero attached hydrogens (tertiary/aromatic N) is 10. The van der Waals surface area contributed by atoms with E-state index in [1.54, 1.807) is 0 Å². The van der Waals surface area contributed by atoms with Gasteiger partial charge in [0.05, 0.1) is 44.1 Å². The molecule has 0 saturated heterocycles. The van der Waals surface area contributed by atoms with Gasteiger partial charge in [-0.1, -0.05) is 322 Å². The summed E-state index contributed by atoms with van der Waals surface area (Å²) >= 11 is 3.72. The molecule has 0 aliphatic heterocycles. The molecule has 0 bridgehead atoms. The van der Waals surface area contributed by atoms with Gasteiger partial charge in [-0.15, -0.1) is 22.7 Å². The third-order valence-corrected chi connectivity index (χ3v) is 30.6. The lowest BCUT2D eigenvalue weighted by Crippen LogP contribution is -2.01. The topological polar surface area (TPSA) is 97.1 Å². The second-order valence-corrected chi connectivity index (χ2v) is 39.0. The lowest BCUT2D eigenvalue weighted by Gasteiger charge is -2.12. The molecule has 0 saturated carbocycles. The van der Waals surface area contributed by atoms with Crippen molar-refractivity contribution < 1.29 is 0 Å². The Morgan fingerprint density at radius 3 is 0.604 bits per heavy atom. The third-order valence-electron chi connectivity index (χ3n) is 28.3. The Hall–Kier alpha value is -18.7. The molecule has 12 heteroatoms.